The Morgan fingerprint density at radius 3 is 2.90 bits per heavy atom. The number of ether oxygens (including phenoxy) is 2. The first-order valence-corrected chi connectivity index (χ1v) is 9.44. The fourth-order valence-electron chi connectivity index (χ4n) is 3.44. The quantitative estimate of drug-likeness (QED) is 0.372. The van der Waals surface area contributed by atoms with Gasteiger partial charge < -0.3 is 25.0 Å². The van der Waals surface area contributed by atoms with E-state index < -0.39 is 0 Å². The van der Waals surface area contributed by atoms with Gasteiger partial charge in [-0.2, -0.15) is 0 Å². The van der Waals surface area contributed by atoms with E-state index in [9.17, 15) is 4.39 Å². The SMILES string of the molecule is CN=C(NCC1COc2ccccc2O1)NC1CCN(c2ncccc2F)C1.I. The summed E-state index contributed by atoms with van der Waals surface area (Å²) in [5.74, 6) is 2.33. The van der Waals surface area contributed by atoms with Crippen molar-refractivity contribution in [2.75, 3.05) is 38.2 Å². The Balaban J connectivity index is 0.00000240. The van der Waals surface area contributed by atoms with E-state index in [-0.39, 0.29) is 41.9 Å². The van der Waals surface area contributed by atoms with Gasteiger partial charge in [0.05, 0.1) is 6.54 Å². The highest BCUT2D eigenvalue weighted by Gasteiger charge is 2.26. The summed E-state index contributed by atoms with van der Waals surface area (Å²) in [6, 6.07) is 10.9. The van der Waals surface area contributed by atoms with Gasteiger partial charge in [-0.15, -0.1) is 24.0 Å². The number of nitrogens with zero attached hydrogens (tertiary/aromatic N) is 3. The minimum Gasteiger partial charge on any atom is -0.486 e. The molecule has 2 aliphatic heterocycles. The molecule has 1 saturated heterocycles. The number of nitrogens with one attached hydrogen (secondary N) is 2. The third-order valence-electron chi connectivity index (χ3n) is 4.86. The topological polar surface area (TPSA) is 71.0 Å². The average Bonchev–Trinajstić information content (AvgIpc) is 3.19. The van der Waals surface area contributed by atoms with Gasteiger partial charge in [-0.25, -0.2) is 9.37 Å². The van der Waals surface area contributed by atoms with E-state index in [2.05, 4.69) is 20.6 Å². The number of aromatic nitrogens is 1. The molecule has 156 valence electrons. The molecular weight excluding hydrogens is 488 g/mol. The molecule has 1 fully saturated rings. The summed E-state index contributed by atoms with van der Waals surface area (Å²) in [4.78, 5) is 10.4. The van der Waals surface area contributed by atoms with Gasteiger partial charge >= 0.3 is 0 Å². The summed E-state index contributed by atoms with van der Waals surface area (Å²) in [5.41, 5.74) is 0. The van der Waals surface area contributed by atoms with E-state index in [0.29, 0.717) is 31.5 Å². The molecule has 2 atom stereocenters. The van der Waals surface area contributed by atoms with Gasteiger partial charge in [0.2, 0.25) is 0 Å². The lowest BCUT2D eigenvalue weighted by molar-refractivity contribution is 0.0936. The zero-order valence-electron chi connectivity index (χ0n) is 16.2. The Morgan fingerprint density at radius 1 is 1.28 bits per heavy atom. The number of hydrogen-bond acceptors (Lipinski definition) is 5. The van der Waals surface area contributed by atoms with E-state index >= 15 is 0 Å². The fraction of sp³-hybridized carbons (Fsp3) is 0.400. The van der Waals surface area contributed by atoms with Crippen molar-refractivity contribution in [3.05, 3.63) is 48.4 Å². The van der Waals surface area contributed by atoms with Crippen molar-refractivity contribution < 1.29 is 13.9 Å². The number of guanidine groups is 1. The van der Waals surface area contributed by atoms with Gasteiger partial charge in [-0.05, 0) is 30.7 Å². The maximum atomic E-state index is 13.9. The first kappa shape index (κ1) is 21.4. The zero-order valence-corrected chi connectivity index (χ0v) is 18.5. The second-order valence-electron chi connectivity index (χ2n) is 6.84. The molecule has 0 bridgehead atoms. The van der Waals surface area contributed by atoms with Crippen molar-refractivity contribution >= 4 is 35.8 Å². The average molecular weight is 513 g/mol. The Hall–Kier alpha value is -2.30. The standard InChI is InChI=1S/C20H24FN5O2.HI/c1-22-20(24-11-15-13-27-17-6-2-3-7-18(17)28-15)25-14-8-10-26(12-14)19-16(21)5-4-9-23-19;/h2-7,9,14-15H,8,10-13H2,1H3,(H2,22,24,25);1H. The first-order valence-electron chi connectivity index (χ1n) is 9.44. The van der Waals surface area contributed by atoms with Crippen LogP contribution in [0.3, 0.4) is 0 Å². The molecule has 2 unspecified atom stereocenters. The smallest absolute Gasteiger partial charge is 0.191 e. The number of rotatable bonds is 4. The number of benzene rings is 1. The highest BCUT2D eigenvalue weighted by atomic mass is 127. The predicted molar refractivity (Wildman–Crippen MR) is 121 cm³/mol. The molecular formula is C20H25FIN5O2. The van der Waals surface area contributed by atoms with Crippen molar-refractivity contribution in [1.29, 1.82) is 0 Å². The van der Waals surface area contributed by atoms with E-state index in [0.717, 1.165) is 24.5 Å². The Morgan fingerprint density at radius 2 is 2.10 bits per heavy atom. The van der Waals surface area contributed by atoms with Crippen molar-refractivity contribution in [2.45, 2.75) is 18.6 Å². The Labute approximate surface area is 186 Å². The summed E-state index contributed by atoms with van der Waals surface area (Å²) in [7, 11) is 1.73. The number of aliphatic imine (C=N–C) groups is 1. The molecule has 2 N–H and O–H groups in total. The monoisotopic (exact) mass is 513 g/mol. The van der Waals surface area contributed by atoms with Gasteiger partial charge in [0, 0.05) is 32.4 Å². The maximum Gasteiger partial charge on any atom is 0.191 e. The van der Waals surface area contributed by atoms with Crippen LogP contribution in [0.5, 0.6) is 11.5 Å². The normalized spacial score (nSPS) is 20.8. The summed E-state index contributed by atoms with van der Waals surface area (Å²) < 4.78 is 25.6. The van der Waals surface area contributed by atoms with E-state index in [1.54, 1.807) is 19.3 Å². The van der Waals surface area contributed by atoms with E-state index in [4.69, 9.17) is 9.47 Å². The van der Waals surface area contributed by atoms with Crippen LogP contribution in [-0.4, -0.2) is 56.4 Å². The van der Waals surface area contributed by atoms with Crippen LogP contribution < -0.4 is 25.0 Å². The number of fused-ring (bicyclic) bond motifs is 1. The first-order chi connectivity index (χ1) is 13.7. The highest BCUT2D eigenvalue weighted by molar-refractivity contribution is 14.0. The fourth-order valence-corrected chi connectivity index (χ4v) is 3.44. The summed E-state index contributed by atoms with van der Waals surface area (Å²) in [6.07, 6.45) is 2.40. The molecule has 0 saturated carbocycles. The largest absolute Gasteiger partial charge is 0.486 e. The van der Waals surface area contributed by atoms with E-state index in [1.807, 2.05) is 29.2 Å². The summed E-state index contributed by atoms with van der Waals surface area (Å²) in [6.45, 7) is 2.47. The Kier molecular flexibility index (Phi) is 7.34. The van der Waals surface area contributed by atoms with Crippen molar-refractivity contribution in [3.63, 3.8) is 0 Å². The number of pyridine rings is 1. The second kappa shape index (κ2) is 9.95. The van der Waals surface area contributed by atoms with Gasteiger partial charge in [-0.3, -0.25) is 4.99 Å². The van der Waals surface area contributed by atoms with E-state index in [1.165, 1.54) is 6.07 Å². The molecule has 0 spiro atoms. The number of hydrogen-bond donors (Lipinski definition) is 2. The third kappa shape index (κ3) is 5.20. The lowest BCUT2D eigenvalue weighted by Gasteiger charge is -2.27. The van der Waals surface area contributed by atoms with Crippen LogP contribution in [0.4, 0.5) is 10.2 Å². The zero-order chi connectivity index (χ0) is 19.3. The van der Waals surface area contributed by atoms with Gasteiger partial charge in [0.1, 0.15) is 12.7 Å². The Bertz CT molecular complexity index is 853. The molecule has 7 nitrogen and oxygen atoms in total. The molecule has 1 aromatic heterocycles. The maximum absolute atomic E-state index is 13.9. The molecule has 0 radical (unpaired) electrons. The molecule has 1 aromatic carbocycles. The second-order valence-corrected chi connectivity index (χ2v) is 6.84. The molecule has 4 rings (SSSR count). The van der Waals surface area contributed by atoms with Gasteiger partial charge in [0.15, 0.2) is 29.1 Å². The molecule has 0 aliphatic carbocycles. The minimum absolute atomic E-state index is 0. The van der Waals surface area contributed by atoms with Crippen molar-refractivity contribution in [1.82, 2.24) is 15.6 Å². The molecule has 2 aromatic rings. The minimum atomic E-state index is -0.291. The lowest BCUT2D eigenvalue weighted by atomic mass is 10.2. The summed E-state index contributed by atoms with van der Waals surface area (Å²) >= 11 is 0. The van der Waals surface area contributed by atoms with Crippen molar-refractivity contribution in [3.8, 4) is 11.5 Å². The third-order valence-corrected chi connectivity index (χ3v) is 4.86. The predicted octanol–water partition coefficient (Wildman–Crippen LogP) is 2.42. The lowest BCUT2D eigenvalue weighted by Crippen LogP contribution is -2.48. The molecule has 3 heterocycles. The molecule has 0 amide bonds. The van der Waals surface area contributed by atoms with Gasteiger partial charge in [-0.1, -0.05) is 12.1 Å². The summed E-state index contributed by atoms with van der Waals surface area (Å²) in [5, 5.41) is 6.68. The van der Waals surface area contributed by atoms with Crippen molar-refractivity contribution in [2.24, 2.45) is 4.99 Å². The molecule has 2 aliphatic rings. The van der Waals surface area contributed by atoms with Crippen LogP contribution in [-0.2, 0) is 0 Å². The molecule has 29 heavy (non-hydrogen) atoms. The van der Waals surface area contributed by atoms with Crippen LogP contribution in [0.1, 0.15) is 6.42 Å². The van der Waals surface area contributed by atoms with Crippen LogP contribution in [0.15, 0.2) is 47.6 Å². The number of para-hydroxylation sites is 2. The van der Waals surface area contributed by atoms with Crippen LogP contribution in [0.25, 0.3) is 0 Å². The van der Waals surface area contributed by atoms with Gasteiger partial charge in [0.25, 0.3) is 0 Å². The van der Waals surface area contributed by atoms with Crippen LogP contribution >= 0.6 is 24.0 Å². The number of anilines is 1. The molecule has 9 heteroatoms. The number of halogens is 2. The highest BCUT2D eigenvalue weighted by Crippen LogP contribution is 2.30. The van der Waals surface area contributed by atoms with Crippen LogP contribution in [0.2, 0.25) is 0 Å². The van der Waals surface area contributed by atoms with Crippen LogP contribution in [0, 0.1) is 5.82 Å².